The Labute approximate surface area is 116 Å². The van der Waals surface area contributed by atoms with E-state index in [2.05, 4.69) is 10.6 Å². The summed E-state index contributed by atoms with van der Waals surface area (Å²) in [6.07, 6.45) is 4.88. The second kappa shape index (κ2) is 5.85. The quantitative estimate of drug-likeness (QED) is 0.499. The van der Waals surface area contributed by atoms with Gasteiger partial charge < -0.3 is 10.6 Å². The summed E-state index contributed by atoms with van der Waals surface area (Å²) < 4.78 is 0. The first kappa shape index (κ1) is 14.2. The second-order valence-electron chi connectivity index (χ2n) is 4.87. The molecule has 4 amide bonds. The Morgan fingerprint density at radius 3 is 2.20 bits per heavy atom. The van der Waals surface area contributed by atoms with Crippen molar-refractivity contribution >= 4 is 23.6 Å². The van der Waals surface area contributed by atoms with Gasteiger partial charge in [0.2, 0.25) is 23.6 Å². The molecule has 2 rings (SSSR count). The van der Waals surface area contributed by atoms with E-state index >= 15 is 0 Å². The van der Waals surface area contributed by atoms with Gasteiger partial charge in [-0.3, -0.25) is 24.1 Å². The molecular formula is C13H17N3O4. The molecule has 0 bridgehead atoms. The number of nitrogens with zero attached hydrogens (tertiary/aromatic N) is 1. The Kier molecular flexibility index (Phi) is 4.16. The monoisotopic (exact) mass is 279 g/mol. The lowest BCUT2D eigenvalue weighted by molar-refractivity contribution is -0.143. The van der Waals surface area contributed by atoms with Gasteiger partial charge in [-0.2, -0.15) is 0 Å². The molecule has 1 saturated heterocycles. The number of nitrogens with one attached hydrogen (secondary N) is 2. The number of hydrogen-bond acceptors (Lipinski definition) is 4. The fraction of sp³-hybridized carbons (Fsp3) is 0.538. The van der Waals surface area contributed by atoms with Crippen LogP contribution in [-0.4, -0.2) is 48.7 Å². The van der Waals surface area contributed by atoms with Crippen LogP contribution < -0.4 is 10.6 Å². The van der Waals surface area contributed by atoms with Gasteiger partial charge in [0.25, 0.3) is 0 Å². The molecule has 0 unspecified atom stereocenters. The van der Waals surface area contributed by atoms with E-state index < -0.39 is 5.91 Å². The molecule has 1 heterocycles. The Hall–Kier alpha value is -2.18. The van der Waals surface area contributed by atoms with Crippen LogP contribution in [0.15, 0.2) is 12.2 Å². The molecule has 2 N–H and O–H groups in total. The number of rotatable bonds is 4. The molecule has 0 radical (unpaired) electrons. The number of hydrogen-bond donors (Lipinski definition) is 2. The minimum Gasteiger partial charge on any atom is -0.358 e. The summed E-state index contributed by atoms with van der Waals surface area (Å²) in [5.74, 6) is -2.10. The van der Waals surface area contributed by atoms with Crippen LogP contribution in [0.4, 0.5) is 0 Å². The Morgan fingerprint density at radius 2 is 1.70 bits per heavy atom. The van der Waals surface area contributed by atoms with Crippen molar-refractivity contribution < 1.29 is 19.2 Å². The van der Waals surface area contributed by atoms with Crippen LogP contribution in [0.25, 0.3) is 0 Å². The van der Waals surface area contributed by atoms with Crippen molar-refractivity contribution in [3.63, 3.8) is 0 Å². The van der Waals surface area contributed by atoms with Gasteiger partial charge in [-0.05, 0) is 12.8 Å². The molecule has 1 fully saturated rings. The van der Waals surface area contributed by atoms with Crippen molar-refractivity contribution in [2.45, 2.75) is 12.8 Å². The number of imide groups is 1. The summed E-state index contributed by atoms with van der Waals surface area (Å²) in [5, 5.41) is 4.73. The lowest BCUT2D eigenvalue weighted by Crippen LogP contribution is -2.43. The number of allylic oxidation sites excluding steroid dienone is 2. The molecule has 0 aromatic rings. The Bertz CT molecular complexity index is 460. The minimum atomic E-state index is -0.512. The smallest absolute Gasteiger partial charge is 0.240 e. The molecule has 7 heteroatoms. The van der Waals surface area contributed by atoms with Gasteiger partial charge in [0.05, 0.1) is 18.4 Å². The van der Waals surface area contributed by atoms with Crippen LogP contribution in [0.5, 0.6) is 0 Å². The average molecular weight is 279 g/mol. The molecule has 1 aliphatic heterocycles. The SMILES string of the molecule is CNC(=O)CNC(=O)CN1C(=O)[C@@H]2CC=CC[C@H]2C1=O. The minimum absolute atomic E-state index is 0.167. The standard InChI is InChI=1S/C13H17N3O4/c1-14-10(17)6-15-11(18)7-16-12(19)8-4-2-3-5-9(8)13(16)20/h2-3,8-9H,4-7H2,1H3,(H,14,17)(H,15,18)/t8-,9-/m1/s1. The zero-order valence-corrected chi connectivity index (χ0v) is 11.2. The number of carbonyl (C=O) groups is 4. The van der Waals surface area contributed by atoms with Crippen LogP contribution in [0.2, 0.25) is 0 Å². The van der Waals surface area contributed by atoms with Gasteiger partial charge in [0.1, 0.15) is 6.54 Å². The highest BCUT2D eigenvalue weighted by atomic mass is 16.2. The summed E-state index contributed by atoms with van der Waals surface area (Å²) in [4.78, 5) is 47.9. The summed E-state index contributed by atoms with van der Waals surface area (Å²) in [5.41, 5.74) is 0. The molecule has 2 atom stereocenters. The van der Waals surface area contributed by atoms with Gasteiger partial charge in [-0.25, -0.2) is 0 Å². The van der Waals surface area contributed by atoms with Crippen molar-refractivity contribution in [1.29, 1.82) is 0 Å². The molecule has 2 aliphatic rings. The highest BCUT2D eigenvalue weighted by Crippen LogP contribution is 2.34. The topological polar surface area (TPSA) is 95.6 Å². The Morgan fingerprint density at radius 1 is 1.15 bits per heavy atom. The summed E-state index contributed by atoms with van der Waals surface area (Å²) in [7, 11) is 1.46. The third-order valence-corrected chi connectivity index (χ3v) is 3.63. The number of fused-ring (bicyclic) bond motifs is 1. The van der Waals surface area contributed by atoms with E-state index in [1.165, 1.54) is 7.05 Å². The molecule has 108 valence electrons. The van der Waals surface area contributed by atoms with Crippen LogP contribution >= 0.6 is 0 Å². The van der Waals surface area contributed by atoms with E-state index in [0.717, 1.165) is 4.90 Å². The molecule has 0 aromatic heterocycles. The molecule has 20 heavy (non-hydrogen) atoms. The fourth-order valence-corrected chi connectivity index (χ4v) is 2.49. The molecule has 0 spiro atoms. The first-order chi connectivity index (χ1) is 9.54. The number of amides is 4. The number of carbonyl (C=O) groups excluding carboxylic acids is 4. The van der Waals surface area contributed by atoms with E-state index in [0.29, 0.717) is 12.8 Å². The maximum Gasteiger partial charge on any atom is 0.240 e. The molecular weight excluding hydrogens is 262 g/mol. The molecule has 0 saturated carbocycles. The van der Waals surface area contributed by atoms with E-state index in [9.17, 15) is 19.2 Å². The maximum atomic E-state index is 12.1. The average Bonchev–Trinajstić information content (AvgIpc) is 2.70. The van der Waals surface area contributed by atoms with Crippen molar-refractivity contribution in [3.8, 4) is 0 Å². The zero-order valence-electron chi connectivity index (χ0n) is 11.2. The predicted octanol–water partition coefficient (Wildman–Crippen LogP) is -1.20. The van der Waals surface area contributed by atoms with Crippen molar-refractivity contribution in [2.24, 2.45) is 11.8 Å². The van der Waals surface area contributed by atoms with E-state index in [1.807, 2.05) is 12.2 Å². The van der Waals surface area contributed by atoms with E-state index in [-0.39, 0.29) is 42.6 Å². The molecule has 7 nitrogen and oxygen atoms in total. The number of likely N-dealkylation sites (N-methyl/N-ethyl adjacent to an activating group) is 1. The number of likely N-dealkylation sites (tertiary alicyclic amines) is 1. The highest BCUT2D eigenvalue weighted by molar-refractivity contribution is 6.07. The van der Waals surface area contributed by atoms with Crippen molar-refractivity contribution in [1.82, 2.24) is 15.5 Å². The molecule has 1 aliphatic carbocycles. The van der Waals surface area contributed by atoms with Gasteiger partial charge in [0, 0.05) is 7.05 Å². The third-order valence-electron chi connectivity index (χ3n) is 3.63. The van der Waals surface area contributed by atoms with Crippen LogP contribution in [0.3, 0.4) is 0 Å². The van der Waals surface area contributed by atoms with Gasteiger partial charge in [-0.1, -0.05) is 12.2 Å². The van der Waals surface area contributed by atoms with Crippen molar-refractivity contribution in [3.05, 3.63) is 12.2 Å². The second-order valence-corrected chi connectivity index (χ2v) is 4.87. The van der Waals surface area contributed by atoms with E-state index in [1.54, 1.807) is 0 Å². The summed E-state index contributed by atoms with van der Waals surface area (Å²) >= 11 is 0. The van der Waals surface area contributed by atoms with Gasteiger partial charge >= 0.3 is 0 Å². The highest BCUT2D eigenvalue weighted by Gasteiger charge is 2.47. The zero-order chi connectivity index (χ0) is 14.7. The van der Waals surface area contributed by atoms with Crippen LogP contribution in [-0.2, 0) is 19.2 Å². The first-order valence-electron chi connectivity index (χ1n) is 6.52. The normalized spacial score (nSPS) is 24.6. The van der Waals surface area contributed by atoms with Gasteiger partial charge in [-0.15, -0.1) is 0 Å². The fourth-order valence-electron chi connectivity index (χ4n) is 2.49. The summed E-state index contributed by atoms with van der Waals surface area (Å²) in [6.45, 7) is -0.484. The van der Waals surface area contributed by atoms with Crippen molar-refractivity contribution in [2.75, 3.05) is 20.1 Å². The third kappa shape index (κ3) is 2.71. The maximum absolute atomic E-state index is 12.1. The first-order valence-corrected chi connectivity index (χ1v) is 6.52. The lowest BCUT2D eigenvalue weighted by atomic mass is 9.85. The molecule has 0 aromatic carbocycles. The lowest BCUT2D eigenvalue weighted by Gasteiger charge is -2.14. The Balaban J connectivity index is 1.93. The van der Waals surface area contributed by atoms with Gasteiger partial charge in [0.15, 0.2) is 0 Å². The van der Waals surface area contributed by atoms with Crippen LogP contribution in [0.1, 0.15) is 12.8 Å². The predicted molar refractivity (Wildman–Crippen MR) is 69.2 cm³/mol. The summed E-state index contributed by atoms with van der Waals surface area (Å²) in [6, 6.07) is 0. The van der Waals surface area contributed by atoms with E-state index in [4.69, 9.17) is 0 Å². The van der Waals surface area contributed by atoms with Crippen LogP contribution in [0, 0.1) is 11.8 Å². The largest absolute Gasteiger partial charge is 0.358 e.